The second-order valence-corrected chi connectivity index (χ2v) is 5.67. The molecule has 1 aliphatic heterocycles. The molecule has 3 heteroatoms. The summed E-state index contributed by atoms with van der Waals surface area (Å²) in [5.74, 6) is 2.01. The van der Waals surface area contributed by atoms with Gasteiger partial charge in [-0.15, -0.1) is 0 Å². The van der Waals surface area contributed by atoms with Gasteiger partial charge in [-0.2, -0.15) is 0 Å². The minimum absolute atomic E-state index is 0.521. The van der Waals surface area contributed by atoms with Crippen molar-refractivity contribution in [3.8, 4) is 5.75 Å². The molecule has 1 saturated heterocycles. The Morgan fingerprint density at radius 2 is 2.26 bits per heavy atom. The fourth-order valence-electron chi connectivity index (χ4n) is 2.46. The number of nitrogens with one attached hydrogen (secondary N) is 1. The van der Waals surface area contributed by atoms with Gasteiger partial charge in [0.25, 0.3) is 0 Å². The fraction of sp³-hybridized carbons (Fsp3) is 0.500. The van der Waals surface area contributed by atoms with Gasteiger partial charge in [-0.25, -0.2) is 0 Å². The van der Waals surface area contributed by atoms with Crippen molar-refractivity contribution in [3.63, 3.8) is 0 Å². The van der Waals surface area contributed by atoms with Crippen LogP contribution in [0.3, 0.4) is 0 Å². The smallest absolute Gasteiger partial charge is 0.121 e. The van der Waals surface area contributed by atoms with Crippen LogP contribution in [0.15, 0.2) is 24.3 Å². The molecule has 1 aliphatic rings. The monoisotopic (exact) mass is 259 g/mol. The number of rotatable bonds is 4. The van der Waals surface area contributed by atoms with Crippen LogP contribution in [0.1, 0.15) is 31.9 Å². The van der Waals surface area contributed by atoms with E-state index in [4.69, 9.17) is 9.47 Å². The highest BCUT2D eigenvalue weighted by Crippen LogP contribution is 2.25. The highest BCUT2D eigenvalue weighted by atomic mass is 16.5. The Labute approximate surface area is 113 Å². The molecular formula is C16H21NO2. The van der Waals surface area contributed by atoms with E-state index in [1.54, 1.807) is 0 Å². The summed E-state index contributed by atoms with van der Waals surface area (Å²) in [6.07, 6.45) is 1.11. The lowest BCUT2D eigenvalue weighted by Gasteiger charge is -2.10. The molecule has 0 aliphatic carbocycles. The van der Waals surface area contributed by atoms with Crippen molar-refractivity contribution in [2.45, 2.75) is 26.2 Å². The quantitative estimate of drug-likeness (QED) is 0.908. The largest absolute Gasteiger partial charge is 0.493 e. The minimum Gasteiger partial charge on any atom is -0.493 e. The normalized spacial score (nSPS) is 19.4. The van der Waals surface area contributed by atoms with E-state index in [1.807, 2.05) is 0 Å². The Bertz CT molecular complexity index is 553. The van der Waals surface area contributed by atoms with Crippen molar-refractivity contribution in [2.75, 3.05) is 19.8 Å². The number of hydrogen-bond acceptors (Lipinski definition) is 2. The van der Waals surface area contributed by atoms with E-state index >= 15 is 0 Å². The molecule has 2 heterocycles. The highest BCUT2D eigenvalue weighted by Gasteiger charge is 2.16. The third kappa shape index (κ3) is 2.76. The van der Waals surface area contributed by atoms with E-state index in [-0.39, 0.29) is 0 Å². The highest BCUT2D eigenvalue weighted by molar-refractivity contribution is 5.82. The SMILES string of the molecule is CC(C)c1cc2ccc(OCC3CCOC3)cc2[nH]1. The maximum atomic E-state index is 5.87. The van der Waals surface area contributed by atoms with Crippen LogP contribution in [0.2, 0.25) is 0 Å². The molecule has 1 fully saturated rings. The van der Waals surface area contributed by atoms with Crippen molar-refractivity contribution < 1.29 is 9.47 Å². The molecule has 1 unspecified atom stereocenters. The van der Waals surface area contributed by atoms with Crippen LogP contribution in [-0.2, 0) is 4.74 Å². The van der Waals surface area contributed by atoms with Crippen LogP contribution < -0.4 is 4.74 Å². The van der Waals surface area contributed by atoms with Gasteiger partial charge in [-0.1, -0.05) is 13.8 Å². The Kier molecular flexibility index (Phi) is 3.47. The van der Waals surface area contributed by atoms with Gasteiger partial charge >= 0.3 is 0 Å². The molecule has 2 aromatic rings. The fourth-order valence-corrected chi connectivity index (χ4v) is 2.46. The number of benzene rings is 1. The standard InChI is InChI=1S/C16H21NO2/c1-11(2)15-7-13-3-4-14(8-16(13)17-15)19-10-12-5-6-18-9-12/h3-4,7-8,11-12,17H,5-6,9-10H2,1-2H3. The van der Waals surface area contributed by atoms with Crippen molar-refractivity contribution in [1.82, 2.24) is 4.98 Å². The van der Waals surface area contributed by atoms with Gasteiger partial charge in [-0.3, -0.25) is 0 Å². The van der Waals surface area contributed by atoms with Gasteiger partial charge in [0.05, 0.1) is 13.2 Å². The Balaban J connectivity index is 1.73. The van der Waals surface area contributed by atoms with E-state index in [0.29, 0.717) is 11.8 Å². The third-order valence-corrected chi connectivity index (χ3v) is 3.75. The number of ether oxygens (including phenoxy) is 2. The van der Waals surface area contributed by atoms with E-state index in [9.17, 15) is 0 Å². The van der Waals surface area contributed by atoms with E-state index in [1.165, 1.54) is 11.1 Å². The molecule has 3 nitrogen and oxygen atoms in total. The second kappa shape index (κ2) is 5.25. The topological polar surface area (TPSA) is 34.2 Å². The maximum Gasteiger partial charge on any atom is 0.121 e. The summed E-state index contributed by atoms with van der Waals surface area (Å²) in [6, 6.07) is 8.49. The average Bonchev–Trinajstić information content (AvgIpc) is 3.04. The second-order valence-electron chi connectivity index (χ2n) is 5.67. The predicted molar refractivity (Wildman–Crippen MR) is 76.8 cm³/mol. The molecule has 0 saturated carbocycles. The van der Waals surface area contributed by atoms with Gasteiger partial charge in [0.1, 0.15) is 5.75 Å². The zero-order valence-corrected chi connectivity index (χ0v) is 11.6. The average molecular weight is 259 g/mol. The van der Waals surface area contributed by atoms with Crippen molar-refractivity contribution in [2.24, 2.45) is 5.92 Å². The number of aromatic amines is 1. The van der Waals surface area contributed by atoms with Crippen LogP contribution in [-0.4, -0.2) is 24.8 Å². The minimum atomic E-state index is 0.521. The van der Waals surface area contributed by atoms with Crippen LogP contribution in [0.4, 0.5) is 0 Å². The zero-order valence-electron chi connectivity index (χ0n) is 11.6. The lowest BCUT2D eigenvalue weighted by Crippen LogP contribution is -2.11. The number of fused-ring (bicyclic) bond motifs is 1. The first-order chi connectivity index (χ1) is 9.22. The summed E-state index contributed by atoms with van der Waals surface area (Å²) in [4.78, 5) is 3.46. The number of H-pyrrole nitrogens is 1. The molecule has 3 rings (SSSR count). The van der Waals surface area contributed by atoms with Crippen molar-refractivity contribution >= 4 is 10.9 Å². The van der Waals surface area contributed by atoms with Gasteiger partial charge in [-0.05, 0) is 35.9 Å². The first kappa shape index (κ1) is 12.5. The molecule has 102 valence electrons. The first-order valence-corrected chi connectivity index (χ1v) is 7.05. The molecular weight excluding hydrogens is 238 g/mol. The molecule has 1 aromatic heterocycles. The van der Waals surface area contributed by atoms with Crippen LogP contribution in [0.25, 0.3) is 10.9 Å². The predicted octanol–water partition coefficient (Wildman–Crippen LogP) is 3.71. The van der Waals surface area contributed by atoms with Crippen molar-refractivity contribution in [3.05, 3.63) is 30.0 Å². The van der Waals surface area contributed by atoms with Gasteiger partial charge in [0.2, 0.25) is 0 Å². The lowest BCUT2D eigenvalue weighted by molar-refractivity contribution is 0.167. The molecule has 0 radical (unpaired) electrons. The number of hydrogen-bond donors (Lipinski definition) is 1. The Morgan fingerprint density at radius 3 is 3.00 bits per heavy atom. The third-order valence-electron chi connectivity index (χ3n) is 3.75. The van der Waals surface area contributed by atoms with Gasteiger partial charge in [0, 0.05) is 29.8 Å². The van der Waals surface area contributed by atoms with Crippen LogP contribution in [0.5, 0.6) is 5.75 Å². The summed E-state index contributed by atoms with van der Waals surface area (Å²) in [6.45, 7) is 6.86. The summed E-state index contributed by atoms with van der Waals surface area (Å²) >= 11 is 0. The molecule has 0 amide bonds. The molecule has 1 N–H and O–H groups in total. The first-order valence-electron chi connectivity index (χ1n) is 7.05. The summed E-state index contributed by atoms with van der Waals surface area (Å²) < 4.78 is 11.2. The lowest BCUT2D eigenvalue weighted by atomic mass is 10.1. The summed E-state index contributed by atoms with van der Waals surface area (Å²) in [7, 11) is 0. The maximum absolute atomic E-state index is 5.87. The van der Waals surface area contributed by atoms with E-state index in [0.717, 1.165) is 37.5 Å². The molecule has 19 heavy (non-hydrogen) atoms. The Morgan fingerprint density at radius 1 is 1.37 bits per heavy atom. The van der Waals surface area contributed by atoms with Gasteiger partial charge < -0.3 is 14.5 Å². The molecule has 0 spiro atoms. The van der Waals surface area contributed by atoms with Gasteiger partial charge in [0.15, 0.2) is 0 Å². The Hall–Kier alpha value is -1.48. The van der Waals surface area contributed by atoms with Crippen LogP contribution >= 0.6 is 0 Å². The summed E-state index contributed by atoms with van der Waals surface area (Å²) in [5, 5.41) is 1.25. The molecule has 1 aromatic carbocycles. The molecule has 0 bridgehead atoms. The molecule has 1 atom stereocenters. The van der Waals surface area contributed by atoms with E-state index < -0.39 is 0 Å². The van der Waals surface area contributed by atoms with Crippen molar-refractivity contribution in [1.29, 1.82) is 0 Å². The van der Waals surface area contributed by atoms with Crippen LogP contribution in [0, 0.1) is 5.92 Å². The summed E-state index contributed by atoms with van der Waals surface area (Å²) in [5.41, 5.74) is 2.43. The zero-order chi connectivity index (χ0) is 13.2. The van der Waals surface area contributed by atoms with E-state index in [2.05, 4.69) is 43.1 Å². The number of aromatic nitrogens is 1.